The third-order valence-electron chi connectivity index (χ3n) is 5.56. The molecule has 5 nitrogen and oxygen atoms in total. The molecule has 2 aliphatic rings. The minimum Gasteiger partial charge on any atom is -0.379 e. The number of rotatable bonds is 4. The summed E-state index contributed by atoms with van der Waals surface area (Å²) < 4.78 is 11.4. The highest BCUT2D eigenvalue weighted by Crippen LogP contribution is 2.35. The molecule has 2 aliphatic heterocycles. The Hall–Kier alpha value is -1.21. The molecule has 0 N–H and O–H groups in total. The second kappa shape index (κ2) is 7.19. The van der Waals surface area contributed by atoms with Gasteiger partial charge in [-0.05, 0) is 38.3 Å². The van der Waals surface area contributed by atoms with Gasteiger partial charge in [0.1, 0.15) is 5.76 Å². The van der Waals surface area contributed by atoms with Gasteiger partial charge in [-0.1, -0.05) is 11.2 Å². The second-order valence-electron chi connectivity index (χ2n) is 7.61. The molecule has 0 saturated carbocycles. The van der Waals surface area contributed by atoms with Gasteiger partial charge in [0.15, 0.2) is 0 Å². The highest BCUT2D eigenvalue weighted by atomic mass is 32.1. The van der Waals surface area contributed by atoms with Gasteiger partial charge in [0, 0.05) is 48.6 Å². The first-order chi connectivity index (χ1) is 12.1. The molecule has 0 radical (unpaired) electrons. The zero-order chi connectivity index (χ0) is 17.3. The van der Waals surface area contributed by atoms with E-state index in [4.69, 9.17) is 9.26 Å². The lowest BCUT2D eigenvalue weighted by atomic mass is 9.87. The second-order valence-corrected chi connectivity index (χ2v) is 8.64. The molecule has 2 aromatic rings. The van der Waals surface area contributed by atoms with Gasteiger partial charge in [-0.3, -0.25) is 9.80 Å². The molecule has 1 spiro atoms. The van der Waals surface area contributed by atoms with E-state index in [1.807, 2.05) is 25.2 Å². The minimum atomic E-state index is 0.257. The maximum Gasteiger partial charge on any atom is 0.138 e. The first kappa shape index (κ1) is 17.2. The van der Waals surface area contributed by atoms with Crippen molar-refractivity contribution in [3.8, 4) is 0 Å². The Morgan fingerprint density at radius 1 is 1.20 bits per heavy atom. The Bertz CT molecular complexity index is 680. The van der Waals surface area contributed by atoms with Gasteiger partial charge in [0.2, 0.25) is 0 Å². The molecule has 6 heteroatoms. The zero-order valence-corrected chi connectivity index (χ0v) is 16.0. The van der Waals surface area contributed by atoms with Gasteiger partial charge in [-0.15, -0.1) is 11.3 Å². The molecule has 0 unspecified atom stereocenters. The molecular weight excluding hydrogens is 334 g/mol. The van der Waals surface area contributed by atoms with Crippen LogP contribution in [0.15, 0.2) is 22.0 Å². The average Bonchev–Trinajstić information content (AvgIpc) is 3.27. The number of ether oxygens (including phenoxy) is 1. The lowest BCUT2D eigenvalue weighted by Gasteiger charge is -2.32. The number of hydrogen-bond acceptors (Lipinski definition) is 6. The van der Waals surface area contributed by atoms with Crippen LogP contribution in [-0.2, 0) is 17.8 Å². The number of aromatic nitrogens is 1. The maximum absolute atomic E-state index is 6.02. The fraction of sp³-hybridized carbons (Fsp3) is 0.632. The summed E-state index contributed by atoms with van der Waals surface area (Å²) in [5.41, 5.74) is 2.51. The third kappa shape index (κ3) is 3.82. The number of hydrogen-bond donors (Lipinski definition) is 0. The van der Waals surface area contributed by atoms with E-state index in [9.17, 15) is 0 Å². The molecule has 0 aliphatic carbocycles. The van der Waals surface area contributed by atoms with Crippen molar-refractivity contribution in [3.05, 3.63) is 39.4 Å². The molecule has 1 atom stereocenters. The molecule has 0 aromatic carbocycles. The van der Waals surface area contributed by atoms with Crippen molar-refractivity contribution in [1.29, 1.82) is 0 Å². The average molecular weight is 362 g/mol. The fourth-order valence-electron chi connectivity index (χ4n) is 4.20. The van der Waals surface area contributed by atoms with Crippen LogP contribution in [0, 0.1) is 19.3 Å². The zero-order valence-electron chi connectivity index (χ0n) is 15.2. The summed E-state index contributed by atoms with van der Waals surface area (Å²) in [4.78, 5) is 6.59. The summed E-state index contributed by atoms with van der Waals surface area (Å²) in [6.45, 7) is 12.1. The smallest absolute Gasteiger partial charge is 0.138 e. The Balaban J connectivity index is 1.43. The van der Waals surface area contributed by atoms with Crippen LogP contribution < -0.4 is 0 Å². The van der Waals surface area contributed by atoms with Crippen molar-refractivity contribution in [3.63, 3.8) is 0 Å². The van der Waals surface area contributed by atoms with Crippen LogP contribution in [-0.4, -0.2) is 54.3 Å². The Kier molecular flexibility index (Phi) is 4.95. The van der Waals surface area contributed by atoms with Gasteiger partial charge in [-0.25, -0.2) is 0 Å². The van der Waals surface area contributed by atoms with Crippen LogP contribution in [0.3, 0.4) is 0 Å². The number of aryl methyl sites for hydroxylation is 2. The summed E-state index contributed by atoms with van der Waals surface area (Å²) in [6, 6.07) is 4.38. The monoisotopic (exact) mass is 361 g/mol. The predicted molar refractivity (Wildman–Crippen MR) is 98.7 cm³/mol. The summed E-state index contributed by atoms with van der Waals surface area (Å²) in [5.74, 6) is 0.947. The molecule has 136 valence electrons. The number of nitrogens with zero attached hydrogens (tertiary/aromatic N) is 3. The van der Waals surface area contributed by atoms with Crippen molar-refractivity contribution in [2.24, 2.45) is 5.41 Å². The van der Waals surface area contributed by atoms with E-state index in [1.54, 1.807) is 0 Å². The van der Waals surface area contributed by atoms with Crippen molar-refractivity contribution in [2.75, 3.05) is 39.4 Å². The lowest BCUT2D eigenvalue weighted by molar-refractivity contribution is 0.0707. The first-order valence-electron chi connectivity index (χ1n) is 9.10. The number of likely N-dealkylation sites (tertiary alicyclic amines) is 1. The van der Waals surface area contributed by atoms with Crippen LogP contribution in [0.25, 0.3) is 0 Å². The SMILES string of the molecule is Cc1noc(C)c1CN1CCOC[C@]2(CCN(Cc3cccs3)C2)C1. The van der Waals surface area contributed by atoms with Crippen molar-refractivity contribution >= 4 is 11.3 Å². The molecule has 0 amide bonds. The Labute approximate surface area is 153 Å². The van der Waals surface area contributed by atoms with E-state index < -0.39 is 0 Å². The van der Waals surface area contributed by atoms with Crippen LogP contribution in [0.2, 0.25) is 0 Å². The van der Waals surface area contributed by atoms with Gasteiger partial charge in [0.05, 0.1) is 18.9 Å². The van der Waals surface area contributed by atoms with E-state index in [-0.39, 0.29) is 5.41 Å². The van der Waals surface area contributed by atoms with Crippen molar-refractivity contribution in [2.45, 2.75) is 33.4 Å². The largest absolute Gasteiger partial charge is 0.379 e. The standard InChI is InChI=1S/C19H27N3O2S/c1-15-18(16(2)24-20-15)11-22-7-8-23-14-19(13-22)5-6-21(12-19)10-17-4-3-9-25-17/h3-4,9H,5-8,10-14H2,1-2H3/t19-/m0/s1. The van der Waals surface area contributed by atoms with Gasteiger partial charge >= 0.3 is 0 Å². The molecule has 25 heavy (non-hydrogen) atoms. The lowest BCUT2D eigenvalue weighted by Crippen LogP contribution is -2.40. The summed E-state index contributed by atoms with van der Waals surface area (Å²) >= 11 is 1.85. The number of thiophene rings is 1. The van der Waals surface area contributed by atoms with Crippen LogP contribution in [0.5, 0.6) is 0 Å². The van der Waals surface area contributed by atoms with Gasteiger partial charge < -0.3 is 9.26 Å². The van der Waals surface area contributed by atoms with E-state index in [0.717, 1.165) is 57.4 Å². The van der Waals surface area contributed by atoms with Gasteiger partial charge in [0.25, 0.3) is 0 Å². The molecule has 2 saturated heterocycles. The van der Waals surface area contributed by atoms with Gasteiger partial charge in [-0.2, -0.15) is 0 Å². The Morgan fingerprint density at radius 3 is 2.76 bits per heavy atom. The van der Waals surface area contributed by atoms with Crippen LogP contribution in [0.1, 0.15) is 28.3 Å². The molecule has 2 aromatic heterocycles. The third-order valence-corrected chi connectivity index (χ3v) is 6.42. The molecule has 4 heterocycles. The highest BCUT2D eigenvalue weighted by Gasteiger charge is 2.41. The highest BCUT2D eigenvalue weighted by molar-refractivity contribution is 7.09. The molecular formula is C19H27N3O2S. The van der Waals surface area contributed by atoms with Crippen LogP contribution in [0.4, 0.5) is 0 Å². The maximum atomic E-state index is 6.02. The summed E-state index contributed by atoms with van der Waals surface area (Å²) in [6.07, 6.45) is 1.22. The predicted octanol–water partition coefficient (Wildman–Crippen LogP) is 3.08. The van der Waals surface area contributed by atoms with Crippen molar-refractivity contribution in [1.82, 2.24) is 15.0 Å². The normalized spacial score (nSPS) is 25.7. The van der Waals surface area contributed by atoms with Crippen LogP contribution >= 0.6 is 11.3 Å². The molecule has 2 fully saturated rings. The topological polar surface area (TPSA) is 41.7 Å². The van der Waals surface area contributed by atoms with E-state index in [0.29, 0.717) is 0 Å². The molecule has 4 rings (SSSR count). The first-order valence-corrected chi connectivity index (χ1v) is 9.98. The van der Waals surface area contributed by atoms with Crippen molar-refractivity contribution < 1.29 is 9.26 Å². The molecule has 0 bridgehead atoms. The Morgan fingerprint density at radius 2 is 2.04 bits per heavy atom. The minimum absolute atomic E-state index is 0.257. The van der Waals surface area contributed by atoms with E-state index >= 15 is 0 Å². The van der Waals surface area contributed by atoms with E-state index in [2.05, 4.69) is 32.5 Å². The fourth-order valence-corrected chi connectivity index (χ4v) is 4.95. The summed E-state index contributed by atoms with van der Waals surface area (Å²) in [7, 11) is 0. The summed E-state index contributed by atoms with van der Waals surface area (Å²) in [5, 5.41) is 6.28. The quantitative estimate of drug-likeness (QED) is 0.837. The van der Waals surface area contributed by atoms with E-state index in [1.165, 1.54) is 23.4 Å².